The summed E-state index contributed by atoms with van der Waals surface area (Å²) in [5.74, 6) is 0.898. The van der Waals surface area contributed by atoms with Gasteiger partial charge in [-0.25, -0.2) is 4.98 Å². The third kappa shape index (κ3) is 2.47. The minimum Gasteiger partial charge on any atom is -0.389 e. The zero-order valence-corrected chi connectivity index (χ0v) is 11.6. The Bertz CT molecular complexity index is 681. The van der Waals surface area contributed by atoms with E-state index in [4.69, 9.17) is 0 Å². The third-order valence-electron chi connectivity index (χ3n) is 3.76. The highest BCUT2D eigenvalue weighted by Gasteiger charge is 2.24. The van der Waals surface area contributed by atoms with Crippen molar-refractivity contribution in [2.45, 2.75) is 26.1 Å². The van der Waals surface area contributed by atoms with Crippen molar-refractivity contribution < 1.29 is 10.0 Å². The Labute approximate surface area is 121 Å². The van der Waals surface area contributed by atoms with Crippen LogP contribution in [0.1, 0.15) is 24.4 Å². The van der Waals surface area contributed by atoms with E-state index in [9.17, 15) is 15.2 Å². The molecule has 1 aromatic heterocycles. The third-order valence-corrected chi connectivity index (χ3v) is 3.76. The SMILES string of the molecule is C[C@@H](O)c1ccc(N2CCn3ccnc3C2)c([N+](=O)[O-])c1. The van der Waals surface area contributed by atoms with E-state index < -0.39 is 11.0 Å². The first kappa shape index (κ1) is 13.6. The van der Waals surface area contributed by atoms with Gasteiger partial charge in [0.1, 0.15) is 11.5 Å². The molecule has 110 valence electrons. The Hall–Kier alpha value is -2.41. The number of imidazole rings is 1. The maximum absolute atomic E-state index is 11.3. The molecular weight excluding hydrogens is 272 g/mol. The molecule has 0 bridgehead atoms. The van der Waals surface area contributed by atoms with Crippen LogP contribution in [0, 0.1) is 10.1 Å². The summed E-state index contributed by atoms with van der Waals surface area (Å²) in [4.78, 5) is 17.1. The highest BCUT2D eigenvalue weighted by molar-refractivity contribution is 5.64. The lowest BCUT2D eigenvalue weighted by atomic mass is 10.1. The molecule has 0 spiro atoms. The lowest BCUT2D eigenvalue weighted by Crippen LogP contribution is -2.34. The predicted molar refractivity (Wildman–Crippen MR) is 77.0 cm³/mol. The van der Waals surface area contributed by atoms with Gasteiger partial charge in [-0.1, -0.05) is 6.07 Å². The van der Waals surface area contributed by atoms with Gasteiger partial charge in [0, 0.05) is 31.5 Å². The van der Waals surface area contributed by atoms with Crippen LogP contribution >= 0.6 is 0 Å². The summed E-state index contributed by atoms with van der Waals surface area (Å²) in [6.45, 7) is 3.58. The highest BCUT2D eigenvalue weighted by Crippen LogP contribution is 2.32. The molecule has 0 fully saturated rings. The number of aliphatic hydroxyl groups is 1. The van der Waals surface area contributed by atoms with Crippen molar-refractivity contribution in [2.24, 2.45) is 0 Å². The van der Waals surface area contributed by atoms with Crippen molar-refractivity contribution in [2.75, 3.05) is 11.4 Å². The fraction of sp³-hybridized carbons (Fsp3) is 0.357. The van der Waals surface area contributed by atoms with Gasteiger partial charge in [0.25, 0.3) is 5.69 Å². The predicted octanol–water partition coefficient (Wildman–Crippen LogP) is 1.86. The minimum atomic E-state index is -0.724. The second-order valence-corrected chi connectivity index (χ2v) is 5.14. The number of nitro benzene ring substituents is 1. The first-order valence-electron chi connectivity index (χ1n) is 6.77. The lowest BCUT2D eigenvalue weighted by molar-refractivity contribution is -0.384. The van der Waals surface area contributed by atoms with Crippen LogP contribution < -0.4 is 4.90 Å². The number of rotatable bonds is 3. The van der Waals surface area contributed by atoms with Gasteiger partial charge in [-0.2, -0.15) is 0 Å². The molecule has 0 radical (unpaired) electrons. The number of anilines is 1. The van der Waals surface area contributed by atoms with E-state index in [1.165, 1.54) is 6.07 Å². The van der Waals surface area contributed by atoms with E-state index in [1.807, 2.05) is 15.7 Å². The number of aliphatic hydroxyl groups excluding tert-OH is 1. The maximum Gasteiger partial charge on any atom is 0.292 e. The number of benzene rings is 1. The van der Waals surface area contributed by atoms with Crippen LogP contribution in [-0.4, -0.2) is 26.1 Å². The summed E-state index contributed by atoms with van der Waals surface area (Å²) in [5.41, 5.74) is 1.14. The number of aromatic nitrogens is 2. The average molecular weight is 288 g/mol. The zero-order chi connectivity index (χ0) is 15.0. The van der Waals surface area contributed by atoms with Crippen molar-refractivity contribution in [3.05, 3.63) is 52.1 Å². The van der Waals surface area contributed by atoms with Crippen molar-refractivity contribution in [3.63, 3.8) is 0 Å². The standard InChI is InChI=1S/C14H16N4O3/c1-10(19)11-2-3-12(13(8-11)18(20)21)17-7-6-16-5-4-15-14(16)9-17/h2-5,8,10,19H,6-7,9H2,1H3/t10-/m1/s1. The number of fused-ring (bicyclic) bond motifs is 1. The van der Waals surface area contributed by atoms with Crippen LogP contribution in [0.4, 0.5) is 11.4 Å². The fourth-order valence-corrected chi connectivity index (χ4v) is 2.59. The Morgan fingerprint density at radius 1 is 1.43 bits per heavy atom. The van der Waals surface area contributed by atoms with Gasteiger partial charge in [0.15, 0.2) is 0 Å². The van der Waals surface area contributed by atoms with Crippen LogP contribution in [0.25, 0.3) is 0 Å². The summed E-state index contributed by atoms with van der Waals surface area (Å²) < 4.78 is 2.05. The molecule has 7 nitrogen and oxygen atoms in total. The lowest BCUT2D eigenvalue weighted by Gasteiger charge is -2.29. The van der Waals surface area contributed by atoms with Crippen LogP contribution in [0.3, 0.4) is 0 Å². The average Bonchev–Trinajstić information content (AvgIpc) is 2.93. The Kier molecular flexibility index (Phi) is 3.34. The van der Waals surface area contributed by atoms with Crippen molar-refractivity contribution in [1.29, 1.82) is 0 Å². The van der Waals surface area contributed by atoms with Crippen LogP contribution in [-0.2, 0) is 13.1 Å². The molecule has 2 aromatic rings. The molecule has 0 unspecified atom stereocenters. The molecule has 0 saturated carbocycles. The summed E-state index contributed by atoms with van der Waals surface area (Å²) in [7, 11) is 0. The van der Waals surface area contributed by atoms with Gasteiger partial charge in [0.05, 0.1) is 17.6 Å². The quantitative estimate of drug-likeness (QED) is 0.688. The molecule has 1 aliphatic heterocycles. The van der Waals surface area contributed by atoms with Gasteiger partial charge in [0.2, 0.25) is 0 Å². The summed E-state index contributed by atoms with van der Waals surface area (Å²) in [6, 6.07) is 4.88. The molecule has 1 aromatic carbocycles. The molecule has 0 saturated heterocycles. The van der Waals surface area contributed by atoms with E-state index in [0.717, 1.165) is 12.4 Å². The minimum absolute atomic E-state index is 0.0217. The highest BCUT2D eigenvalue weighted by atomic mass is 16.6. The van der Waals surface area contributed by atoms with Crippen LogP contribution in [0.2, 0.25) is 0 Å². The normalized spacial score (nSPS) is 15.6. The first-order valence-corrected chi connectivity index (χ1v) is 6.77. The van der Waals surface area contributed by atoms with Crippen molar-refractivity contribution in [1.82, 2.24) is 9.55 Å². The number of hydrogen-bond donors (Lipinski definition) is 1. The molecule has 2 heterocycles. The Balaban J connectivity index is 1.97. The maximum atomic E-state index is 11.3. The molecule has 1 aliphatic rings. The van der Waals surface area contributed by atoms with E-state index in [0.29, 0.717) is 24.3 Å². The van der Waals surface area contributed by atoms with E-state index in [2.05, 4.69) is 4.98 Å². The summed E-state index contributed by atoms with van der Waals surface area (Å²) in [6.07, 6.45) is 2.93. The monoisotopic (exact) mass is 288 g/mol. The first-order chi connectivity index (χ1) is 10.1. The Morgan fingerprint density at radius 3 is 2.95 bits per heavy atom. The molecule has 0 amide bonds. The molecule has 0 aliphatic carbocycles. The summed E-state index contributed by atoms with van der Waals surface area (Å²) in [5, 5.41) is 20.9. The van der Waals surface area contributed by atoms with E-state index in [1.54, 1.807) is 25.3 Å². The second kappa shape index (κ2) is 5.17. The topological polar surface area (TPSA) is 84.4 Å². The number of nitro groups is 1. The van der Waals surface area contributed by atoms with Crippen molar-refractivity contribution >= 4 is 11.4 Å². The van der Waals surface area contributed by atoms with E-state index in [-0.39, 0.29) is 5.69 Å². The van der Waals surface area contributed by atoms with Crippen molar-refractivity contribution in [3.8, 4) is 0 Å². The second-order valence-electron chi connectivity index (χ2n) is 5.14. The van der Waals surface area contributed by atoms with E-state index >= 15 is 0 Å². The number of hydrogen-bond acceptors (Lipinski definition) is 5. The molecule has 7 heteroatoms. The van der Waals surface area contributed by atoms with Gasteiger partial charge in [-0.15, -0.1) is 0 Å². The molecule has 3 rings (SSSR count). The summed E-state index contributed by atoms with van der Waals surface area (Å²) >= 11 is 0. The molecule has 1 N–H and O–H groups in total. The Morgan fingerprint density at radius 2 is 2.24 bits per heavy atom. The van der Waals surface area contributed by atoms with Gasteiger partial charge in [-0.05, 0) is 18.6 Å². The molecular formula is C14H16N4O3. The smallest absolute Gasteiger partial charge is 0.292 e. The number of nitrogens with zero attached hydrogens (tertiary/aromatic N) is 4. The van der Waals surface area contributed by atoms with Gasteiger partial charge in [-0.3, -0.25) is 10.1 Å². The largest absolute Gasteiger partial charge is 0.389 e. The fourth-order valence-electron chi connectivity index (χ4n) is 2.59. The zero-order valence-electron chi connectivity index (χ0n) is 11.6. The van der Waals surface area contributed by atoms with Crippen LogP contribution in [0.15, 0.2) is 30.6 Å². The van der Waals surface area contributed by atoms with Gasteiger partial charge < -0.3 is 14.6 Å². The van der Waals surface area contributed by atoms with Gasteiger partial charge >= 0.3 is 0 Å². The molecule has 21 heavy (non-hydrogen) atoms. The van der Waals surface area contributed by atoms with Crippen LogP contribution in [0.5, 0.6) is 0 Å². The molecule has 1 atom stereocenters.